The van der Waals surface area contributed by atoms with Crippen LogP contribution in [0.15, 0.2) is 16.2 Å². The van der Waals surface area contributed by atoms with Crippen LogP contribution in [-0.4, -0.2) is 26.0 Å². The number of hydrogen-bond acceptors (Lipinski definition) is 5. The summed E-state index contributed by atoms with van der Waals surface area (Å²) in [4.78, 5) is 28.3. The summed E-state index contributed by atoms with van der Waals surface area (Å²) in [5.74, 6) is -0.825. The number of nitrogens with one attached hydrogen (secondary N) is 1. The summed E-state index contributed by atoms with van der Waals surface area (Å²) in [6.45, 7) is 2.16. The maximum absolute atomic E-state index is 12.0. The van der Waals surface area contributed by atoms with E-state index in [-0.39, 0.29) is 5.56 Å². The molecule has 0 radical (unpaired) electrons. The molecule has 0 spiro atoms. The zero-order valence-electron chi connectivity index (χ0n) is 11.0. The summed E-state index contributed by atoms with van der Waals surface area (Å²) in [6.07, 6.45) is 2.17. The molecule has 1 saturated carbocycles. The predicted octanol–water partition coefficient (Wildman–Crippen LogP) is 1.16. The molecule has 20 heavy (non-hydrogen) atoms. The van der Waals surface area contributed by atoms with Gasteiger partial charge in [-0.1, -0.05) is 0 Å². The largest absolute Gasteiger partial charge is 0.480 e. The zero-order valence-corrected chi connectivity index (χ0v) is 11.9. The minimum Gasteiger partial charge on any atom is -0.480 e. The number of rotatable bonds is 4. The van der Waals surface area contributed by atoms with Crippen molar-refractivity contribution in [2.24, 2.45) is 0 Å². The monoisotopic (exact) mass is 293 g/mol. The SMILES string of the molecule is Cc1csc2nc(CNC3(C(=O)O)CCC3)cc(=O)n12. The van der Waals surface area contributed by atoms with Crippen molar-refractivity contribution in [1.82, 2.24) is 14.7 Å². The van der Waals surface area contributed by atoms with Gasteiger partial charge in [0.2, 0.25) is 0 Å². The average Bonchev–Trinajstić information content (AvgIpc) is 2.69. The van der Waals surface area contributed by atoms with Gasteiger partial charge in [0.25, 0.3) is 5.56 Å². The third-order valence-electron chi connectivity index (χ3n) is 3.85. The van der Waals surface area contributed by atoms with Gasteiger partial charge in [-0.05, 0) is 26.2 Å². The van der Waals surface area contributed by atoms with Crippen LogP contribution in [0.4, 0.5) is 0 Å². The Hall–Kier alpha value is -1.73. The van der Waals surface area contributed by atoms with Gasteiger partial charge < -0.3 is 5.11 Å². The van der Waals surface area contributed by atoms with Crippen molar-refractivity contribution in [3.8, 4) is 0 Å². The molecule has 2 heterocycles. The van der Waals surface area contributed by atoms with Crippen molar-refractivity contribution in [3.05, 3.63) is 33.2 Å². The second-order valence-corrected chi connectivity index (χ2v) is 6.01. The smallest absolute Gasteiger partial charge is 0.323 e. The molecule has 1 aliphatic rings. The van der Waals surface area contributed by atoms with Gasteiger partial charge in [0, 0.05) is 23.7 Å². The van der Waals surface area contributed by atoms with Crippen LogP contribution in [0.5, 0.6) is 0 Å². The third-order valence-corrected chi connectivity index (χ3v) is 4.80. The number of nitrogens with zero attached hydrogens (tertiary/aromatic N) is 2. The molecule has 2 aromatic heterocycles. The predicted molar refractivity (Wildman–Crippen MR) is 75.1 cm³/mol. The highest BCUT2D eigenvalue weighted by atomic mass is 32.1. The first-order valence-corrected chi connectivity index (χ1v) is 7.35. The number of hydrogen-bond donors (Lipinski definition) is 2. The van der Waals surface area contributed by atoms with Gasteiger partial charge in [-0.25, -0.2) is 4.98 Å². The summed E-state index contributed by atoms with van der Waals surface area (Å²) < 4.78 is 1.56. The third kappa shape index (κ3) is 2.03. The Kier molecular flexibility index (Phi) is 3.10. The van der Waals surface area contributed by atoms with Crippen molar-refractivity contribution in [2.75, 3.05) is 0 Å². The number of aryl methyl sites for hydroxylation is 1. The van der Waals surface area contributed by atoms with E-state index in [4.69, 9.17) is 0 Å². The van der Waals surface area contributed by atoms with Crippen molar-refractivity contribution < 1.29 is 9.90 Å². The lowest BCUT2D eigenvalue weighted by molar-refractivity contribution is -0.148. The molecule has 0 amide bonds. The van der Waals surface area contributed by atoms with Gasteiger partial charge in [0.05, 0.1) is 5.69 Å². The average molecular weight is 293 g/mol. The van der Waals surface area contributed by atoms with Crippen LogP contribution in [0.25, 0.3) is 4.96 Å². The minimum absolute atomic E-state index is 0.122. The Balaban J connectivity index is 1.85. The van der Waals surface area contributed by atoms with Crippen LogP contribution < -0.4 is 10.9 Å². The van der Waals surface area contributed by atoms with Crippen molar-refractivity contribution in [1.29, 1.82) is 0 Å². The van der Waals surface area contributed by atoms with E-state index in [1.165, 1.54) is 17.4 Å². The Morgan fingerprint density at radius 2 is 2.35 bits per heavy atom. The lowest BCUT2D eigenvalue weighted by Gasteiger charge is -2.38. The van der Waals surface area contributed by atoms with E-state index in [1.807, 2.05) is 12.3 Å². The molecule has 0 unspecified atom stereocenters. The Morgan fingerprint density at radius 1 is 1.60 bits per heavy atom. The van der Waals surface area contributed by atoms with Crippen molar-refractivity contribution >= 4 is 22.3 Å². The number of carbonyl (C=O) groups is 1. The molecular formula is C13H15N3O3S. The van der Waals surface area contributed by atoms with Gasteiger partial charge in [-0.3, -0.25) is 19.3 Å². The molecule has 0 atom stereocenters. The topological polar surface area (TPSA) is 83.7 Å². The van der Waals surface area contributed by atoms with Crippen molar-refractivity contribution in [3.63, 3.8) is 0 Å². The van der Waals surface area contributed by atoms with Gasteiger partial charge in [-0.15, -0.1) is 11.3 Å². The van der Waals surface area contributed by atoms with E-state index in [9.17, 15) is 14.7 Å². The maximum atomic E-state index is 12.0. The number of aromatic nitrogens is 2. The number of aliphatic carboxylic acids is 1. The molecule has 2 N–H and O–H groups in total. The van der Waals surface area contributed by atoms with E-state index >= 15 is 0 Å². The molecule has 106 valence electrons. The Bertz CT molecular complexity index is 730. The van der Waals surface area contributed by atoms with Gasteiger partial charge in [-0.2, -0.15) is 0 Å². The zero-order chi connectivity index (χ0) is 14.3. The normalized spacial score (nSPS) is 17.1. The number of thiazole rings is 1. The molecule has 0 bridgehead atoms. The molecule has 7 heteroatoms. The first kappa shape index (κ1) is 13.3. The van der Waals surface area contributed by atoms with E-state index in [0.717, 1.165) is 12.1 Å². The summed E-state index contributed by atoms with van der Waals surface area (Å²) in [6, 6.07) is 1.47. The second-order valence-electron chi connectivity index (χ2n) is 5.18. The fourth-order valence-corrected chi connectivity index (χ4v) is 3.34. The van der Waals surface area contributed by atoms with Crippen LogP contribution in [0.1, 0.15) is 30.7 Å². The van der Waals surface area contributed by atoms with Crippen LogP contribution in [0, 0.1) is 6.92 Å². The van der Waals surface area contributed by atoms with E-state index < -0.39 is 11.5 Å². The molecule has 6 nitrogen and oxygen atoms in total. The molecule has 0 aromatic carbocycles. The highest BCUT2D eigenvalue weighted by molar-refractivity contribution is 7.15. The number of carboxylic acids is 1. The first-order chi connectivity index (χ1) is 9.52. The number of carboxylic acid groups (broad SMARTS) is 1. The minimum atomic E-state index is -0.835. The second kappa shape index (κ2) is 4.68. The van der Waals surface area contributed by atoms with Gasteiger partial charge in [0.15, 0.2) is 4.96 Å². The highest BCUT2D eigenvalue weighted by Crippen LogP contribution is 2.32. The lowest BCUT2D eigenvalue weighted by Crippen LogP contribution is -2.56. The summed E-state index contributed by atoms with van der Waals surface area (Å²) in [7, 11) is 0. The van der Waals surface area contributed by atoms with E-state index in [2.05, 4.69) is 10.3 Å². The molecule has 1 fully saturated rings. The summed E-state index contributed by atoms with van der Waals surface area (Å²) >= 11 is 1.41. The molecular weight excluding hydrogens is 278 g/mol. The maximum Gasteiger partial charge on any atom is 0.323 e. The Morgan fingerprint density at radius 3 is 2.95 bits per heavy atom. The molecule has 0 saturated heterocycles. The van der Waals surface area contributed by atoms with E-state index in [0.29, 0.717) is 30.0 Å². The van der Waals surface area contributed by atoms with Crippen LogP contribution >= 0.6 is 11.3 Å². The fourth-order valence-electron chi connectivity index (χ4n) is 2.45. The molecule has 3 rings (SSSR count). The van der Waals surface area contributed by atoms with Gasteiger partial charge in [0.1, 0.15) is 5.54 Å². The van der Waals surface area contributed by atoms with Crippen LogP contribution in [0.3, 0.4) is 0 Å². The van der Waals surface area contributed by atoms with Gasteiger partial charge >= 0.3 is 5.97 Å². The molecule has 0 aliphatic heterocycles. The van der Waals surface area contributed by atoms with E-state index in [1.54, 1.807) is 4.40 Å². The standard InChI is InChI=1S/C13H15N3O3S/c1-8-7-20-12-15-9(5-10(17)16(8)12)6-14-13(11(18)19)3-2-4-13/h5,7,14H,2-4,6H2,1H3,(H,18,19). The molecule has 2 aromatic rings. The highest BCUT2D eigenvalue weighted by Gasteiger charge is 2.43. The number of fused-ring (bicyclic) bond motifs is 1. The summed E-state index contributed by atoms with van der Waals surface area (Å²) in [5, 5.41) is 14.2. The first-order valence-electron chi connectivity index (χ1n) is 6.47. The quantitative estimate of drug-likeness (QED) is 0.884. The van der Waals surface area contributed by atoms with Crippen LogP contribution in [0.2, 0.25) is 0 Å². The fraction of sp³-hybridized carbons (Fsp3) is 0.462. The summed E-state index contributed by atoms with van der Waals surface area (Å²) in [5.41, 5.74) is 0.494. The Labute approximate surface area is 119 Å². The lowest BCUT2D eigenvalue weighted by atomic mass is 9.77. The van der Waals surface area contributed by atoms with Crippen LogP contribution in [-0.2, 0) is 11.3 Å². The van der Waals surface area contributed by atoms with Crippen molar-refractivity contribution in [2.45, 2.75) is 38.3 Å². The molecule has 1 aliphatic carbocycles.